The molecular weight excluding hydrogens is 1120 g/mol. The summed E-state index contributed by atoms with van der Waals surface area (Å²) in [6.07, 6.45) is 3.56. The van der Waals surface area contributed by atoms with E-state index in [9.17, 15) is 43.5 Å². The summed E-state index contributed by atoms with van der Waals surface area (Å²) in [6.45, 7) is 19.6. The summed E-state index contributed by atoms with van der Waals surface area (Å²) in [4.78, 5) is 108. The van der Waals surface area contributed by atoms with Crippen LogP contribution in [0.2, 0.25) is 5.02 Å². The minimum absolute atomic E-state index is 0.0417. The topological polar surface area (TPSA) is 277 Å². The number of nitrogens with one attached hydrogen (secondary N) is 2. The number of carbonyl (C=O) groups excluding carboxylic acids is 8. The number of fused-ring (bicyclic) bond motifs is 5. The summed E-state index contributed by atoms with van der Waals surface area (Å²) < 4.78 is 44.9. The van der Waals surface area contributed by atoms with Gasteiger partial charge in [-0.1, -0.05) is 55.3 Å². The van der Waals surface area contributed by atoms with E-state index >= 15 is 0 Å². The van der Waals surface area contributed by atoms with E-state index in [0.717, 1.165) is 33.1 Å². The summed E-state index contributed by atoms with van der Waals surface area (Å²) in [6, 6.07) is 3.83. The molecule has 0 radical (unpaired) electrons. The lowest BCUT2D eigenvalue weighted by Crippen LogP contribution is -2.60. The number of likely N-dealkylation sites (tertiary alicyclic amines) is 1. The third kappa shape index (κ3) is 20.8. The van der Waals surface area contributed by atoms with E-state index in [1.54, 1.807) is 27.8 Å². The number of nitrogens with zero attached hydrogens (tertiary/aromatic N) is 3. The Labute approximate surface area is 496 Å². The molecule has 2 unspecified atom stereocenters. The molecule has 0 aliphatic carbocycles. The summed E-state index contributed by atoms with van der Waals surface area (Å²) in [5.41, 5.74) is 0.439. The Kier molecular flexibility index (Phi) is 27.7. The van der Waals surface area contributed by atoms with Gasteiger partial charge in [-0.05, 0) is 83.8 Å². The average molecular weight is 1210 g/mol. The van der Waals surface area contributed by atoms with E-state index in [1.165, 1.54) is 16.7 Å². The molecule has 23 nitrogen and oxygen atoms in total. The molecule has 3 N–H and O–H groups in total. The van der Waals surface area contributed by atoms with Gasteiger partial charge in [-0.15, -0.1) is 11.8 Å². The van der Waals surface area contributed by atoms with E-state index in [2.05, 4.69) is 10.6 Å². The third-order valence-electron chi connectivity index (χ3n) is 14.8. The van der Waals surface area contributed by atoms with Gasteiger partial charge in [0.25, 0.3) is 5.91 Å². The van der Waals surface area contributed by atoms with Gasteiger partial charge in [-0.3, -0.25) is 34.2 Å². The number of esters is 1. The second-order valence-corrected chi connectivity index (χ2v) is 23.0. The first kappa shape index (κ1) is 68.6. The Morgan fingerprint density at radius 1 is 0.928 bits per heavy atom. The lowest BCUT2D eigenvalue weighted by Gasteiger charge is -2.41. The van der Waals surface area contributed by atoms with Crippen molar-refractivity contribution in [2.75, 3.05) is 96.8 Å². The number of hydroxylamine groups is 2. The van der Waals surface area contributed by atoms with Crippen LogP contribution in [0.5, 0.6) is 0 Å². The highest BCUT2D eigenvalue weighted by Crippen LogP contribution is 2.49. The number of allylic oxidation sites excluding steroid dienone is 3. The van der Waals surface area contributed by atoms with Crippen LogP contribution in [-0.2, 0) is 82.7 Å². The number of hydrogen-bond donors (Lipinski definition) is 3. The average Bonchev–Trinajstić information content (AvgIpc) is 2.11. The Bertz CT molecular complexity index is 2470. The quantitative estimate of drug-likeness (QED) is 0.0458. The van der Waals surface area contributed by atoms with Crippen molar-refractivity contribution < 1.29 is 86.2 Å². The maximum absolute atomic E-state index is 14.1. The molecule has 4 bridgehead atoms. The molecule has 25 heteroatoms. The molecular formula is C58H86ClN5O18S. The molecule has 5 aliphatic rings. The summed E-state index contributed by atoms with van der Waals surface area (Å²) in [7, 11) is 1.62. The molecule has 0 saturated carbocycles. The molecule has 9 atom stereocenters. The van der Waals surface area contributed by atoms with Gasteiger partial charge in [0.05, 0.1) is 87.7 Å². The summed E-state index contributed by atoms with van der Waals surface area (Å²) in [5.74, 6) is -3.02. The minimum atomic E-state index is -1.61. The fourth-order valence-corrected chi connectivity index (χ4v) is 11.1. The molecule has 5 heterocycles. The Morgan fingerprint density at radius 2 is 1.61 bits per heavy atom. The summed E-state index contributed by atoms with van der Waals surface area (Å²) >= 11 is 8.11. The predicted molar refractivity (Wildman–Crippen MR) is 307 cm³/mol. The summed E-state index contributed by atoms with van der Waals surface area (Å²) in [5, 5.41) is 17.9. The number of thioether (sulfide) groups is 1. The van der Waals surface area contributed by atoms with Crippen LogP contribution in [0.1, 0.15) is 111 Å². The Balaban J connectivity index is 0.000000459. The van der Waals surface area contributed by atoms with Crippen LogP contribution in [0.3, 0.4) is 0 Å². The van der Waals surface area contributed by atoms with E-state index in [-0.39, 0.29) is 81.4 Å². The molecule has 1 aromatic rings. The van der Waals surface area contributed by atoms with Gasteiger partial charge in [0.15, 0.2) is 6.10 Å². The molecule has 6 amide bonds. The molecule has 0 aromatic heterocycles. The van der Waals surface area contributed by atoms with Gasteiger partial charge in [0.1, 0.15) is 23.5 Å². The van der Waals surface area contributed by atoms with Crippen molar-refractivity contribution in [3.63, 3.8) is 0 Å². The van der Waals surface area contributed by atoms with Crippen molar-refractivity contribution in [2.45, 2.75) is 154 Å². The first-order valence-electron chi connectivity index (χ1n) is 28.7. The molecule has 83 heavy (non-hydrogen) atoms. The lowest BCUT2D eigenvalue weighted by molar-refractivity contribution is -0.193. The molecule has 6 rings (SSSR count). The second-order valence-electron chi connectivity index (χ2n) is 21.3. The van der Waals surface area contributed by atoms with Gasteiger partial charge in [-0.2, -0.15) is 5.06 Å². The number of ether oxygens (including phenoxy) is 8. The zero-order valence-electron chi connectivity index (χ0n) is 49.5. The SMILES string of the molecule is CCNC(=O)CCN1C(=O)CC(SCCCO[C@@H](C)C(=O)O[C@H]2CC(=O)N(C)c3cc(cc(C)c3Cl)C/C(C)=C/C=C/[C@@H](C)[C@@]3(O)CC(OC(=O)N3)[C@@H](C)[C@@H]3O[C@@]23C)C1=O.CCOCCOCCOCCOCCC(=O)ON1CCCC1=O. The van der Waals surface area contributed by atoms with Crippen molar-refractivity contribution >= 4 is 76.6 Å². The molecule has 464 valence electrons. The van der Waals surface area contributed by atoms with Crippen LogP contribution >= 0.6 is 23.4 Å². The molecule has 4 fully saturated rings. The van der Waals surface area contributed by atoms with Crippen molar-refractivity contribution in [3.05, 3.63) is 52.1 Å². The largest absolute Gasteiger partial charge is 0.457 e. The fourth-order valence-electron chi connectivity index (χ4n) is 9.76. The van der Waals surface area contributed by atoms with Gasteiger partial charge in [-0.25, -0.2) is 14.4 Å². The Hall–Kier alpha value is -5.18. The van der Waals surface area contributed by atoms with E-state index in [1.807, 2.05) is 65.0 Å². The highest BCUT2D eigenvalue weighted by atomic mass is 35.5. The van der Waals surface area contributed by atoms with Crippen LogP contribution in [0.4, 0.5) is 10.5 Å². The minimum Gasteiger partial charge on any atom is -0.457 e. The number of carbonyl (C=O) groups is 8. The fraction of sp³-hybridized carbons (Fsp3) is 0.690. The number of aryl methyl sites for hydroxylation is 1. The molecule has 4 saturated heterocycles. The number of epoxide rings is 1. The van der Waals surface area contributed by atoms with E-state index in [4.69, 9.17) is 54.3 Å². The van der Waals surface area contributed by atoms with Gasteiger partial charge >= 0.3 is 18.0 Å². The number of amides is 6. The van der Waals surface area contributed by atoms with Crippen molar-refractivity contribution in [3.8, 4) is 0 Å². The monoisotopic (exact) mass is 1210 g/mol. The number of alkyl carbamates (subject to hydrolysis) is 1. The predicted octanol–water partition coefficient (Wildman–Crippen LogP) is 5.31. The van der Waals surface area contributed by atoms with Gasteiger partial charge in [0, 0.05) is 70.9 Å². The molecule has 1 aromatic carbocycles. The highest BCUT2D eigenvalue weighted by molar-refractivity contribution is 8.00. The van der Waals surface area contributed by atoms with Crippen LogP contribution in [0, 0.1) is 18.8 Å². The third-order valence-corrected chi connectivity index (χ3v) is 16.6. The maximum atomic E-state index is 14.1. The lowest BCUT2D eigenvalue weighted by atomic mass is 9.82. The number of anilines is 1. The number of halogens is 1. The van der Waals surface area contributed by atoms with Crippen LogP contribution in [-0.4, -0.2) is 196 Å². The number of rotatable bonds is 26. The van der Waals surface area contributed by atoms with Crippen LogP contribution < -0.4 is 15.5 Å². The van der Waals surface area contributed by atoms with Crippen molar-refractivity contribution in [1.29, 1.82) is 0 Å². The second kappa shape index (κ2) is 33.5. The zero-order chi connectivity index (χ0) is 60.9. The molecule has 5 aliphatic heterocycles. The maximum Gasteiger partial charge on any atom is 0.409 e. The number of benzene rings is 1. The standard InChI is InChI=1S/C43H59ClN4O11S.C15H27NO7/c1-9-45-34(49)14-15-48-36(51)21-32(39(48)52)60-17-11-16-56-28(6)40(53)58-33-22-35(50)47(8)30-20-29(19-25(3)37(30)44)18-24(2)12-10-13-26(4)43(55)23-31(57-41(54)46-43)27(5)38-42(33,7)59-38;1-2-19-8-9-21-12-13-22-11-10-20-7-5-15(18)23-16-6-3-4-14(16)17/h10,12-13,19-20,26-28,31-33,38,55H,9,11,14-18,21-23H2,1-8H3,(H,45,49)(H,46,54);2-13H2,1H3/b13-10+,24-12+;/t26-,27-,28+,31?,32?,33+,38+,42+,43+;/m1./s1. The first-order valence-corrected chi connectivity index (χ1v) is 30.1. The van der Waals surface area contributed by atoms with Crippen LogP contribution in [0.15, 0.2) is 35.9 Å². The van der Waals surface area contributed by atoms with Gasteiger partial charge < -0.3 is 58.1 Å². The van der Waals surface area contributed by atoms with Crippen LogP contribution in [0.25, 0.3) is 0 Å². The number of aliphatic hydroxyl groups is 1. The van der Waals surface area contributed by atoms with Crippen molar-refractivity contribution in [2.24, 2.45) is 11.8 Å². The Morgan fingerprint density at radius 3 is 2.28 bits per heavy atom. The molecule has 0 spiro atoms. The van der Waals surface area contributed by atoms with E-state index in [0.29, 0.717) is 95.1 Å². The first-order chi connectivity index (χ1) is 39.5. The highest BCUT2D eigenvalue weighted by Gasteiger charge is 2.64. The normalized spacial score (nSPS) is 26.9. The zero-order valence-corrected chi connectivity index (χ0v) is 51.1. The number of hydrogen-bond acceptors (Lipinski definition) is 19. The smallest absolute Gasteiger partial charge is 0.409 e. The van der Waals surface area contributed by atoms with Gasteiger partial charge in [0.2, 0.25) is 23.6 Å². The van der Waals surface area contributed by atoms with E-state index < -0.39 is 70.9 Å². The van der Waals surface area contributed by atoms with Crippen molar-refractivity contribution in [1.82, 2.24) is 20.6 Å². The number of imide groups is 1.